The maximum atomic E-state index is 5.78. The van der Waals surface area contributed by atoms with Crippen LogP contribution in [0, 0.1) is 5.92 Å². The molecule has 0 aliphatic carbocycles. The maximum absolute atomic E-state index is 5.78. The summed E-state index contributed by atoms with van der Waals surface area (Å²) in [6.45, 7) is 15.5. The van der Waals surface area contributed by atoms with Gasteiger partial charge < -0.3 is 25.4 Å². The molecular formula is C18H39IN4O2. The highest BCUT2D eigenvalue weighted by Crippen LogP contribution is 2.14. The Kier molecular flexibility index (Phi) is 14.9. The first-order chi connectivity index (χ1) is 11.5. The molecule has 1 aliphatic rings. The number of rotatable bonds is 10. The zero-order valence-electron chi connectivity index (χ0n) is 16.5. The molecule has 1 aliphatic heterocycles. The van der Waals surface area contributed by atoms with Crippen LogP contribution in [0.15, 0.2) is 4.99 Å². The van der Waals surface area contributed by atoms with Gasteiger partial charge in [-0.2, -0.15) is 0 Å². The van der Waals surface area contributed by atoms with Gasteiger partial charge in [0.2, 0.25) is 0 Å². The lowest BCUT2D eigenvalue weighted by molar-refractivity contribution is 0.0205. The fraction of sp³-hybridized carbons (Fsp3) is 0.944. The lowest BCUT2D eigenvalue weighted by Gasteiger charge is -2.21. The minimum atomic E-state index is 0. The van der Waals surface area contributed by atoms with Crippen LogP contribution in [0.2, 0.25) is 0 Å². The maximum Gasteiger partial charge on any atom is 0.191 e. The molecule has 1 rings (SSSR count). The third-order valence-corrected chi connectivity index (χ3v) is 3.83. The second kappa shape index (κ2) is 15.0. The lowest BCUT2D eigenvalue weighted by Crippen LogP contribution is -2.44. The summed E-state index contributed by atoms with van der Waals surface area (Å²) in [6, 6.07) is 0. The van der Waals surface area contributed by atoms with Crippen LogP contribution in [-0.2, 0) is 9.47 Å². The third-order valence-electron chi connectivity index (χ3n) is 3.83. The number of nitrogens with zero attached hydrogens (tertiary/aromatic N) is 1. The van der Waals surface area contributed by atoms with Gasteiger partial charge in [-0.05, 0) is 52.9 Å². The van der Waals surface area contributed by atoms with Crippen molar-refractivity contribution in [1.82, 2.24) is 16.0 Å². The highest BCUT2D eigenvalue weighted by molar-refractivity contribution is 14.0. The average Bonchev–Trinajstić information content (AvgIpc) is 2.54. The van der Waals surface area contributed by atoms with Crippen LogP contribution in [0.4, 0.5) is 0 Å². The van der Waals surface area contributed by atoms with Crippen LogP contribution in [0.3, 0.4) is 0 Å². The summed E-state index contributed by atoms with van der Waals surface area (Å²) in [6.07, 6.45) is 3.23. The molecule has 6 nitrogen and oxygen atoms in total. The monoisotopic (exact) mass is 470 g/mol. The summed E-state index contributed by atoms with van der Waals surface area (Å²) in [4.78, 5) is 4.60. The van der Waals surface area contributed by atoms with E-state index in [1.807, 2.05) is 0 Å². The van der Waals surface area contributed by atoms with Gasteiger partial charge in [0.25, 0.3) is 0 Å². The van der Waals surface area contributed by atoms with Crippen LogP contribution in [0.25, 0.3) is 0 Å². The van der Waals surface area contributed by atoms with E-state index in [9.17, 15) is 0 Å². The smallest absolute Gasteiger partial charge is 0.191 e. The van der Waals surface area contributed by atoms with Crippen molar-refractivity contribution in [3.63, 3.8) is 0 Å². The summed E-state index contributed by atoms with van der Waals surface area (Å²) in [5.41, 5.74) is 0.152. The standard InChI is InChI=1S/C18H38N4O2.HI/c1-5-19-17(21-10-11-22-18(2,3)4)20-9-6-12-24-15-16-7-13-23-14-8-16;/h16,22H,5-15H2,1-4H3,(H2,19,20,21);1H. The quantitative estimate of drug-likeness (QED) is 0.198. The molecule has 1 heterocycles. The molecule has 1 saturated heterocycles. The van der Waals surface area contributed by atoms with E-state index in [2.05, 4.69) is 48.6 Å². The zero-order valence-corrected chi connectivity index (χ0v) is 18.9. The first-order valence-corrected chi connectivity index (χ1v) is 9.44. The topological polar surface area (TPSA) is 66.9 Å². The van der Waals surface area contributed by atoms with Gasteiger partial charge in [-0.15, -0.1) is 24.0 Å². The minimum absolute atomic E-state index is 0. The molecule has 0 spiro atoms. The van der Waals surface area contributed by atoms with Crippen molar-refractivity contribution in [2.24, 2.45) is 10.9 Å². The number of ether oxygens (including phenoxy) is 2. The second-order valence-electron chi connectivity index (χ2n) is 7.35. The molecular weight excluding hydrogens is 431 g/mol. The van der Waals surface area contributed by atoms with E-state index in [4.69, 9.17) is 9.47 Å². The van der Waals surface area contributed by atoms with Crippen molar-refractivity contribution >= 4 is 29.9 Å². The van der Waals surface area contributed by atoms with Gasteiger partial charge in [0, 0.05) is 58.1 Å². The Morgan fingerprint density at radius 1 is 1.16 bits per heavy atom. The summed E-state index contributed by atoms with van der Waals surface area (Å²) >= 11 is 0. The largest absolute Gasteiger partial charge is 0.381 e. The molecule has 25 heavy (non-hydrogen) atoms. The Morgan fingerprint density at radius 3 is 2.52 bits per heavy atom. The van der Waals surface area contributed by atoms with E-state index < -0.39 is 0 Å². The molecule has 7 heteroatoms. The normalized spacial score (nSPS) is 16.4. The first-order valence-electron chi connectivity index (χ1n) is 9.44. The van der Waals surface area contributed by atoms with E-state index in [1.54, 1.807) is 0 Å². The van der Waals surface area contributed by atoms with Crippen LogP contribution >= 0.6 is 24.0 Å². The summed E-state index contributed by atoms with van der Waals surface area (Å²) < 4.78 is 11.1. The molecule has 0 aromatic heterocycles. The molecule has 0 amide bonds. The van der Waals surface area contributed by atoms with Gasteiger partial charge in [0.1, 0.15) is 0 Å². The van der Waals surface area contributed by atoms with E-state index >= 15 is 0 Å². The second-order valence-corrected chi connectivity index (χ2v) is 7.35. The van der Waals surface area contributed by atoms with Crippen LogP contribution in [0.1, 0.15) is 47.0 Å². The number of halogens is 1. The summed E-state index contributed by atoms with van der Waals surface area (Å²) in [7, 11) is 0. The summed E-state index contributed by atoms with van der Waals surface area (Å²) in [5, 5.41) is 10.1. The zero-order chi connectivity index (χ0) is 17.7. The van der Waals surface area contributed by atoms with Crippen LogP contribution in [-0.4, -0.2) is 64.1 Å². The molecule has 0 bridgehead atoms. The van der Waals surface area contributed by atoms with Crippen molar-refractivity contribution in [2.45, 2.75) is 52.5 Å². The van der Waals surface area contributed by atoms with Gasteiger partial charge in [-0.3, -0.25) is 4.99 Å². The molecule has 0 atom stereocenters. The molecule has 0 aromatic rings. The Labute approximate surface area is 171 Å². The Morgan fingerprint density at radius 2 is 1.88 bits per heavy atom. The number of hydrogen-bond acceptors (Lipinski definition) is 4. The average molecular weight is 470 g/mol. The van der Waals surface area contributed by atoms with E-state index in [0.29, 0.717) is 5.92 Å². The lowest BCUT2D eigenvalue weighted by atomic mass is 10.0. The number of nitrogens with one attached hydrogen (secondary N) is 3. The van der Waals surface area contributed by atoms with Crippen LogP contribution in [0.5, 0.6) is 0 Å². The molecule has 1 fully saturated rings. The van der Waals surface area contributed by atoms with Gasteiger partial charge in [-0.1, -0.05) is 0 Å². The number of hydrogen-bond donors (Lipinski definition) is 3. The molecule has 3 N–H and O–H groups in total. The molecule has 0 unspecified atom stereocenters. The first kappa shape index (κ1) is 24.9. The van der Waals surface area contributed by atoms with Gasteiger partial charge in [0.15, 0.2) is 5.96 Å². The minimum Gasteiger partial charge on any atom is -0.381 e. The van der Waals surface area contributed by atoms with Crippen molar-refractivity contribution in [3.8, 4) is 0 Å². The van der Waals surface area contributed by atoms with Crippen molar-refractivity contribution in [2.75, 3.05) is 52.6 Å². The van der Waals surface area contributed by atoms with E-state index in [-0.39, 0.29) is 29.5 Å². The van der Waals surface area contributed by atoms with Gasteiger partial charge in [0.05, 0.1) is 0 Å². The predicted molar refractivity (Wildman–Crippen MR) is 116 cm³/mol. The fourth-order valence-electron chi connectivity index (χ4n) is 2.48. The Bertz CT molecular complexity index is 342. The predicted octanol–water partition coefficient (Wildman–Crippen LogP) is 2.38. The fourth-order valence-corrected chi connectivity index (χ4v) is 2.48. The number of aliphatic imine (C=N–C) groups is 1. The third kappa shape index (κ3) is 14.7. The van der Waals surface area contributed by atoms with Crippen molar-refractivity contribution in [1.29, 1.82) is 0 Å². The van der Waals surface area contributed by atoms with E-state index in [0.717, 1.165) is 77.8 Å². The van der Waals surface area contributed by atoms with Gasteiger partial charge >= 0.3 is 0 Å². The molecule has 0 aromatic carbocycles. The van der Waals surface area contributed by atoms with Crippen molar-refractivity contribution in [3.05, 3.63) is 0 Å². The SMILES string of the molecule is CCNC(=NCCCOCC1CCOCC1)NCCNC(C)(C)C.I. The number of guanidine groups is 1. The highest BCUT2D eigenvalue weighted by atomic mass is 127. The van der Waals surface area contributed by atoms with E-state index in [1.165, 1.54) is 0 Å². The molecule has 0 saturated carbocycles. The Hall–Kier alpha value is -0.120. The highest BCUT2D eigenvalue weighted by Gasteiger charge is 2.13. The van der Waals surface area contributed by atoms with Crippen LogP contribution < -0.4 is 16.0 Å². The Balaban J connectivity index is 0.00000576. The van der Waals surface area contributed by atoms with Crippen molar-refractivity contribution < 1.29 is 9.47 Å². The molecule has 0 radical (unpaired) electrons. The van der Waals surface area contributed by atoms with Gasteiger partial charge in [-0.25, -0.2) is 0 Å². The molecule has 150 valence electrons. The summed E-state index contributed by atoms with van der Waals surface area (Å²) in [5.74, 6) is 1.56.